The number of thiazole rings is 1. The minimum atomic E-state index is -1.18. The Morgan fingerprint density at radius 1 is 1.47 bits per heavy atom. The van der Waals surface area contributed by atoms with Crippen LogP contribution in [0.15, 0.2) is 12.1 Å². The number of carboxylic acid groups (broad SMARTS) is 1. The summed E-state index contributed by atoms with van der Waals surface area (Å²) in [6, 6.07) is 1.99. The van der Waals surface area contributed by atoms with Gasteiger partial charge >= 0.3 is 5.97 Å². The highest BCUT2D eigenvalue weighted by atomic mass is 35.5. The first-order valence-corrected chi connectivity index (χ1v) is 6.11. The number of carboxylic acids is 1. The molecule has 0 aliphatic rings. The lowest BCUT2D eigenvalue weighted by Crippen LogP contribution is -1.94. The van der Waals surface area contributed by atoms with Gasteiger partial charge in [-0.2, -0.15) is 0 Å². The molecule has 0 saturated carbocycles. The number of rotatable bonds is 3. The van der Waals surface area contributed by atoms with Gasteiger partial charge in [-0.25, -0.2) is 18.6 Å². The van der Waals surface area contributed by atoms with Crippen LogP contribution in [-0.4, -0.2) is 16.1 Å². The second-order valence-corrected chi connectivity index (χ2v) is 4.84. The molecular formula is C11H6ClF2NO3S. The third kappa shape index (κ3) is 2.66. The molecule has 1 aromatic heterocycles. The average molecular weight is 306 g/mol. The zero-order valence-electron chi connectivity index (χ0n) is 9.41. The van der Waals surface area contributed by atoms with E-state index in [1.165, 1.54) is 6.92 Å². The number of benzene rings is 1. The van der Waals surface area contributed by atoms with E-state index in [4.69, 9.17) is 21.4 Å². The summed E-state index contributed by atoms with van der Waals surface area (Å²) in [5, 5.41) is 8.37. The minimum absolute atomic E-state index is 0.0576. The molecule has 1 N–H and O–H groups in total. The Kier molecular flexibility index (Phi) is 3.68. The van der Waals surface area contributed by atoms with Gasteiger partial charge in [-0.05, 0) is 19.1 Å². The van der Waals surface area contributed by atoms with Gasteiger partial charge in [-0.3, -0.25) is 0 Å². The molecule has 1 heterocycles. The maximum atomic E-state index is 13.6. The van der Waals surface area contributed by atoms with Crippen LogP contribution in [0, 0.1) is 18.6 Å². The largest absolute Gasteiger partial charge is 0.477 e. The Balaban J connectivity index is 2.39. The van der Waals surface area contributed by atoms with Crippen molar-refractivity contribution in [3.8, 4) is 10.9 Å². The molecule has 0 saturated heterocycles. The molecule has 2 rings (SSSR count). The SMILES string of the molecule is Cc1nc(Oc2c(F)ccc(Cl)c2F)sc1C(=O)O. The summed E-state index contributed by atoms with van der Waals surface area (Å²) in [7, 11) is 0. The molecule has 8 heteroatoms. The van der Waals surface area contributed by atoms with E-state index in [0.29, 0.717) is 11.3 Å². The van der Waals surface area contributed by atoms with Crippen molar-refractivity contribution in [1.82, 2.24) is 4.98 Å². The second-order valence-electron chi connectivity index (χ2n) is 3.47. The van der Waals surface area contributed by atoms with Crippen molar-refractivity contribution in [2.45, 2.75) is 6.92 Å². The van der Waals surface area contributed by atoms with Crippen molar-refractivity contribution in [3.05, 3.63) is 39.4 Å². The summed E-state index contributed by atoms with van der Waals surface area (Å²) in [6.45, 7) is 1.46. The molecular weight excluding hydrogens is 300 g/mol. The Hall–Kier alpha value is -1.73. The zero-order valence-corrected chi connectivity index (χ0v) is 11.0. The first-order valence-electron chi connectivity index (χ1n) is 4.92. The van der Waals surface area contributed by atoms with Gasteiger partial charge in [0.05, 0.1) is 10.7 Å². The lowest BCUT2D eigenvalue weighted by Gasteiger charge is -2.05. The van der Waals surface area contributed by atoms with E-state index in [1.807, 2.05) is 0 Å². The molecule has 0 fully saturated rings. The molecule has 4 nitrogen and oxygen atoms in total. The number of hydrogen-bond acceptors (Lipinski definition) is 4. The highest BCUT2D eigenvalue weighted by Gasteiger charge is 2.19. The van der Waals surface area contributed by atoms with Crippen molar-refractivity contribution in [2.24, 2.45) is 0 Å². The van der Waals surface area contributed by atoms with Crippen LogP contribution in [0.3, 0.4) is 0 Å². The summed E-state index contributed by atoms with van der Waals surface area (Å²) >= 11 is 6.18. The van der Waals surface area contributed by atoms with E-state index >= 15 is 0 Å². The van der Waals surface area contributed by atoms with Crippen LogP contribution < -0.4 is 4.74 Å². The maximum absolute atomic E-state index is 13.6. The summed E-state index contributed by atoms with van der Waals surface area (Å²) in [6.07, 6.45) is 0. The molecule has 100 valence electrons. The third-order valence-electron chi connectivity index (χ3n) is 2.16. The van der Waals surface area contributed by atoms with E-state index in [2.05, 4.69) is 4.98 Å². The van der Waals surface area contributed by atoms with Crippen LogP contribution in [0.5, 0.6) is 10.9 Å². The van der Waals surface area contributed by atoms with Gasteiger partial charge in [0.15, 0.2) is 11.6 Å². The van der Waals surface area contributed by atoms with Gasteiger partial charge in [0.2, 0.25) is 5.75 Å². The Bertz CT molecular complexity index is 660. The number of nitrogens with zero attached hydrogens (tertiary/aromatic N) is 1. The Labute approximate surface area is 115 Å². The van der Waals surface area contributed by atoms with Crippen LogP contribution in [0.25, 0.3) is 0 Å². The van der Waals surface area contributed by atoms with Gasteiger partial charge in [-0.15, -0.1) is 0 Å². The fourth-order valence-corrected chi connectivity index (χ4v) is 2.21. The molecule has 0 amide bonds. The van der Waals surface area contributed by atoms with Crippen molar-refractivity contribution < 1.29 is 23.4 Å². The monoisotopic (exact) mass is 305 g/mol. The number of ether oxygens (including phenoxy) is 1. The van der Waals surface area contributed by atoms with E-state index in [1.54, 1.807) is 0 Å². The molecule has 0 aliphatic heterocycles. The molecule has 0 bridgehead atoms. The standard InChI is InChI=1S/C11H6ClF2NO3S/c1-4-9(10(16)17)19-11(15-4)18-8-6(13)3-2-5(12)7(8)14/h2-3H,1H3,(H,16,17). The number of aromatic nitrogens is 1. The molecule has 0 radical (unpaired) electrons. The fourth-order valence-electron chi connectivity index (χ4n) is 1.30. The molecule has 0 atom stereocenters. The van der Waals surface area contributed by atoms with Crippen LogP contribution in [-0.2, 0) is 0 Å². The van der Waals surface area contributed by atoms with Crippen molar-refractivity contribution in [1.29, 1.82) is 0 Å². The number of carbonyl (C=O) groups is 1. The molecule has 0 spiro atoms. The topological polar surface area (TPSA) is 59.4 Å². The normalized spacial score (nSPS) is 10.5. The van der Waals surface area contributed by atoms with E-state index in [-0.39, 0.29) is 20.8 Å². The number of aryl methyl sites for hydroxylation is 1. The average Bonchev–Trinajstić information content (AvgIpc) is 2.71. The number of hydrogen-bond donors (Lipinski definition) is 1. The van der Waals surface area contributed by atoms with E-state index in [9.17, 15) is 13.6 Å². The first kappa shape index (κ1) is 13.7. The minimum Gasteiger partial charge on any atom is -0.477 e. The highest BCUT2D eigenvalue weighted by molar-refractivity contribution is 7.15. The molecule has 0 unspecified atom stereocenters. The van der Waals surface area contributed by atoms with Gasteiger partial charge in [-0.1, -0.05) is 22.9 Å². The molecule has 1 aromatic carbocycles. The van der Waals surface area contributed by atoms with Gasteiger partial charge in [0.25, 0.3) is 5.19 Å². The van der Waals surface area contributed by atoms with Crippen molar-refractivity contribution in [3.63, 3.8) is 0 Å². The van der Waals surface area contributed by atoms with Crippen molar-refractivity contribution in [2.75, 3.05) is 0 Å². The molecule has 0 aliphatic carbocycles. The smallest absolute Gasteiger partial charge is 0.347 e. The van der Waals surface area contributed by atoms with E-state index < -0.39 is 23.4 Å². The second kappa shape index (κ2) is 5.10. The predicted octanol–water partition coefficient (Wildman–Crippen LogP) is 3.87. The molecule has 19 heavy (non-hydrogen) atoms. The van der Waals surface area contributed by atoms with Crippen LogP contribution in [0.4, 0.5) is 8.78 Å². The highest BCUT2D eigenvalue weighted by Crippen LogP contribution is 2.34. The summed E-state index contributed by atoms with van der Waals surface area (Å²) < 4.78 is 31.9. The number of halogens is 3. The summed E-state index contributed by atoms with van der Waals surface area (Å²) in [5.74, 6) is -3.91. The quantitative estimate of drug-likeness (QED) is 0.874. The zero-order chi connectivity index (χ0) is 14.2. The Morgan fingerprint density at radius 3 is 2.74 bits per heavy atom. The molecule has 2 aromatic rings. The van der Waals surface area contributed by atoms with Crippen molar-refractivity contribution >= 4 is 28.9 Å². The van der Waals surface area contributed by atoms with Crippen LogP contribution >= 0.6 is 22.9 Å². The lowest BCUT2D eigenvalue weighted by molar-refractivity contribution is 0.0701. The lowest BCUT2D eigenvalue weighted by atomic mass is 10.3. The fraction of sp³-hybridized carbons (Fsp3) is 0.0909. The van der Waals surface area contributed by atoms with Crippen LogP contribution in [0.1, 0.15) is 15.4 Å². The predicted molar refractivity (Wildman–Crippen MR) is 65.3 cm³/mol. The van der Waals surface area contributed by atoms with Gasteiger partial charge < -0.3 is 9.84 Å². The van der Waals surface area contributed by atoms with Gasteiger partial charge in [0, 0.05) is 0 Å². The third-order valence-corrected chi connectivity index (χ3v) is 3.48. The maximum Gasteiger partial charge on any atom is 0.347 e. The van der Waals surface area contributed by atoms with Gasteiger partial charge in [0.1, 0.15) is 4.88 Å². The summed E-state index contributed by atoms with van der Waals surface area (Å²) in [5.41, 5.74) is 0.204. The first-order chi connectivity index (χ1) is 8.90. The number of aromatic carboxylic acids is 1. The van der Waals surface area contributed by atoms with E-state index in [0.717, 1.165) is 12.1 Å². The Morgan fingerprint density at radius 2 is 2.16 bits per heavy atom. The van der Waals surface area contributed by atoms with Crippen LogP contribution in [0.2, 0.25) is 5.02 Å². The summed E-state index contributed by atoms with van der Waals surface area (Å²) in [4.78, 5) is 14.5.